The maximum atomic E-state index is 11.2. The van der Waals surface area contributed by atoms with E-state index in [-0.39, 0.29) is 11.3 Å². The Labute approximate surface area is 171 Å². The molecule has 4 rings (SSSR count). The van der Waals surface area contributed by atoms with Crippen LogP contribution in [0.2, 0.25) is 0 Å². The van der Waals surface area contributed by atoms with Crippen molar-refractivity contribution in [3.05, 3.63) is 80.1 Å². The van der Waals surface area contributed by atoms with Crippen LogP contribution < -0.4 is 0 Å². The first kappa shape index (κ1) is 18.9. The van der Waals surface area contributed by atoms with Gasteiger partial charge in [0.2, 0.25) is 0 Å². The Morgan fingerprint density at radius 3 is 2.55 bits per heavy atom. The molecule has 0 unspecified atom stereocenters. The first-order chi connectivity index (χ1) is 14.0. The van der Waals surface area contributed by atoms with Gasteiger partial charge in [-0.1, -0.05) is 24.4 Å². The number of hydrogen-bond donors (Lipinski definition) is 1. The molecule has 1 aliphatic rings. The summed E-state index contributed by atoms with van der Waals surface area (Å²) in [5, 5.41) is 20.4. The molecule has 7 nitrogen and oxygen atoms in total. The minimum Gasteiger partial charge on any atom is -0.478 e. The van der Waals surface area contributed by atoms with Gasteiger partial charge < -0.3 is 5.11 Å². The van der Waals surface area contributed by atoms with Crippen LogP contribution >= 0.6 is 12.2 Å². The van der Waals surface area contributed by atoms with E-state index >= 15 is 0 Å². The number of fused-ring (bicyclic) bond motifs is 1. The lowest BCUT2D eigenvalue weighted by atomic mass is 9.96. The number of nitro groups is 1. The van der Waals surface area contributed by atoms with Crippen LogP contribution in [0.15, 0.2) is 48.5 Å². The molecule has 2 aromatic carbocycles. The van der Waals surface area contributed by atoms with E-state index in [4.69, 9.17) is 12.2 Å². The lowest BCUT2D eigenvalue weighted by Crippen LogP contribution is -2.17. The van der Waals surface area contributed by atoms with Gasteiger partial charge >= 0.3 is 5.97 Å². The molecule has 0 bridgehead atoms. The summed E-state index contributed by atoms with van der Waals surface area (Å²) in [4.78, 5) is 26.6. The third-order valence-electron chi connectivity index (χ3n) is 5.07. The maximum absolute atomic E-state index is 11.2. The second-order valence-electron chi connectivity index (χ2n) is 6.87. The predicted octanol–water partition coefficient (Wildman–Crippen LogP) is 4.75. The molecule has 0 fully saturated rings. The van der Waals surface area contributed by atoms with Gasteiger partial charge in [-0.15, -0.1) is 0 Å². The van der Waals surface area contributed by atoms with E-state index in [0.717, 1.165) is 42.6 Å². The zero-order valence-corrected chi connectivity index (χ0v) is 16.2. The number of hydrogen-bond acceptors (Lipinski definition) is 5. The van der Waals surface area contributed by atoms with E-state index in [1.165, 1.54) is 12.1 Å². The number of aromatic carboxylic acids is 1. The Balaban J connectivity index is 1.99. The van der Waals surface area contributed by atoms with Crippen molar-refractivity contribution in [3.8, 4) is 17.1 Å². The fourth-order valence-corrected chi connectivity index (χ4v) is 4.00. The lowest BCUT2D eigenvalue weighted by molar-refractivity contribution is -0.384. The monoisotopic (exact) mass is 407 g/mol. The zero-order valence-electron chi connectivity index (χ0n) is 15.4. The molecule has 0 aliphatic heterocycles. The van der Waals surface area contributed by atoms with Crippen LogP contribution in [-0.4, -0.2) is 25.6 Å². The number of carboxylic acids is 1. The first-order valence-electron chi connectivity index (χ1n) is 9.19. The molecule has 1 N–H and O–H groups in total. The van der Waals surface area contributed by atoms with Crippen molar-refractivity contribution in [3.63, 3.8) is 0 Å². The molecule has 0 atom stereocenters. The third kappa shape index (κ3) is 3.54. The molecule has 1 aromatic heterocycles. The van der Waals surface area contributed by atoms with Crippen molar-refractivity contribution in [2.24, 2.45) is 0 Å². The molecule has 1 heterocycles. The summed E-state index contributed by atoms with van der Waals surface area (Å²) in [6, 6.07) is 12.8. The van der Waals surface area contributed by atoms with E-state index in [0.29, 0.717) is 16.0 Å². The largest absolute Gasteiger partial charge is 0.478 e. The van der Waals surface area contributed by atoms with Crippen molar-refractivity contribution in [2.75, 3.05) is 0 Å². The van der Waals surface area contributed by atoms with E-state index in [1.807, 2.05) is 4.57 Å². The van der Waals surface area contributed by atoms with Gasteiger partial charge in [0.1, 0.15) is 10.5 Å². The van der Waals surface area contributed by atoms with E-state index in [1.54, 1.807) is 36.4 Å². The third-order valence-corrected chi connectivity index (χ3v) is 5.41. The Hall–Kier alpha value is -3.39. The second kappa shape index (κ2) is 7.56. The number of rotatable bonds is 4. The number of non-ortho nitro benzene ring substituents is 1. The Morgan fingerprint density at radius 2 is 1.86 bits per heavy atom. The number of benzene rings is 2. The molecular formula is C21H17N3O4S. The molecule has 29 heavy (non-hydrogen) atoms. The van der Waals surface area contributed by atoms with Gasteiger partial charge in [-0.05, 0) is 49.9 Å². The highest BCUT2D eigenvalue weighted by atomic mass is 32.1. The summed E-state index contributed by atoms with van der Waals surface area (Å²) < 4.78 is 2.47. The van der Waals surface area contributed by atoms with Gasteiger partial charge in [-0.2, -0.15) is 0 Å². The molecule has 8 heteroatoms. The smallest absolute Gasteiger partial charge is 0.335 e. The predicted molar refractivity (Wildman–Crippen MR) is 110 cm³/mol. The quantitative estimate of drug-likeness (QED) is 0.381. The van der Waals surface area contributed by atoms with Gasteiger partial charge in [0.05, 0.1) is 10.5 Å². The van der Waals surface area contributed by atoms with Crippen molar-refractivity contribution in [1.29, 1.82) is 0 Å². The standard InChI is InChI=1S/C21H17N3O4S/c25-21(26)13-8-10-15(11-9-13)23-18-7-2-1-6-17(18)20(29)22-19(23)14-4-3-5-16(12-14)24(27)28/h3-5,8-12H,1-2,6-7H2,(H,25,26). The minimum absolute atomic E-state index is 0.0271. The number of carboxylic acid groups (broad SMARTS) is 1. The molecule has 146 valence electrons. The van der Waals surface area contributed by atoms with Gasteiger partial charge in [-0.3, -0.25) is 14.7 Å². The summed E-state index contributed by atoms with van der Waals surface area (Å²) >= 11 is 5.54. The molecule has 3 aromatic rings. The molecule has 0 saturated heterocycles. The lowest BCUT2D eigenvalue weighted by Gasteiger charge is -2.24. The second-order valence-corrected chi connectivity index (χ2v) is 7.25. The van der Waals surface area contributed by atoms with E-state index in [9.17, 15) is 20.0 Å². The number of nitrogens with zero attached hydrogens (tertiary/aromatic N) is 3. The molecule has 0 amide bonds. The van der Waals surface area contributed by atoms with Gasteiger partial charge in [-0.25, -0.2) is 9.78 Å². The fourth-order valence-electron chi connectivity index (χ4n) is 3.69. The van der Waals surface area contributed by atoms with Crippen LogP contribution in [0.5, 0.6) is 0 Å². The SMILES string of the molecule is O=C(O)c1ccc(-n2c(-c3cccc([N+](=O)[O-])c3)nc(=S)c3c2CCCC3)cc1. The number of carbonyl (C=O) groups is 1. The normalized spacial score (nSPS) is 13.0. The highest BCUT2D eigenvalue weighted by Gasteiger charge is 2.21. The van der Waals surface area contributed by atoms with Crippen molar-refractivity contribution in [2.45, 2.75) is 25.7 Å². The molecule has 0 spiro atoms. The Kier molecular flexibility index (Phi) is 4.94. The highest BCUT2D eigenvalue weighted by molar-refractivity contribution is 7.71. The van der Waals surface area contributed by atoms with Crippen LogP contribution in [0.3, 0.4) is 0 Å². The van der Waals surface area contributed by atoms with Crippen LogP contribution in [0, 0.1) is 14.8 Å². The summed E-state index contributed by atoms with van der Waals surface area (Å²) in [7, 11) is 0. The van der Waals surface area contributed by atoms with Gasteiger partial charge in [0.25, 0.3) is 5.69 Å². The van der Waals surface area contributed by atoms with Crippen LogP contribution in [0.4, 0.5) is 5.69 Å². The molecular weight excluding hydrogens is 390 g/mol. The van der Waals surface area contributed by atoms with Gasteiger partial charge in [0.15, 0.2) is 0 Å². The van der Waals surface area contributed by atoms with Crippen LogP contribution in [-0.2, 0) is 12.8 Å². The van der Waals surface area contributed by atoms with Crippen LogP contribution in [0.25, 0.3) is 17.1 Å². The summed E-state index contributed by atoms with van der Waals surface area (Å²) in [6.07, 6.45) is 3.69. The van der Waals surface area contributed by atoms with Crippen molar-refractivity contribution in [1.82, 2.24) is 9.55 Å². The molecule has 1 aliphatic carbocycles. The minimum atomic E-state index is -0.999. The average Bonchev–Trinajstić information content (AvgIpc) is 2.74. The summed E-state index contributed by atoms with van der Waals surface area (Å²) in [6.45, 7) is 0. The summed E-state index contributed by atoms with van der Waals surface area (Å²) in [5.41, 5.74) is 3.54. The number of nitro benzene ring substituents is 1. The van der Waals surface area contributed by atoms with Crippen molar-refractivity contribution >= 4 is 23.9 Å². The van der Waals surface area contributed by atoms with Gasteiger partial charge in [0, 0.05) is 34.6 Å². The van der Waals surface area contributed by atoms with Crippen molar-refractivity contribution < 1.29 is 14.8 Å². The molecule has 0 saturated carbocycles. The van der Waals surface area contributed by atoms with E-state index in [2.05, 4.69) is 4.98 Å². The fraction of sp³-hybridized carbons (Fsp3) is 0.190. The maximum Gasteiger partial charge on any atom is 0.335 e. The topological polar surface area (TPSA) is 98.3 Å². The Morgan fingerprint density at radius 1 is 1.14 bits per heavy atom. The average molecular weight is 407 g/mol. The number of aromatic nitrogens is 2. The Bertz CT molecular complexity index is 1190. The van der Waals surface area contributed by atoms with E-state index < -0.39 is 10.9 Å². The van der Waals surface area contributed by atoms with Crippen LogP contribution in [0.1, 0.15) is 34.5 Å². The summed E-state index contributed by atoms with van der Waals surface area (Å²) in [5.74, 6) is -0.482. The highest BCUT2D eigenvalue weighted by Crippen LogP contribution is 2.31. The zero-order chi connectivity index (χ0) is 20.5. The first-order valence-corrected chi connectivity index (χ1v) is 9.60. The molecule has 0 radical (unpaired) electrons.